The van der Waals surface area contributed by atoms with E-state index in [0.717, 1.165) is 0 Å². The quantitative estimate of drug-likeness (QED) is 0.716. The Bertz CT molecular complexity index is 441. The molecule has 17 heavy (non-hydrogen) atoms. The van der Waals surface area contributed by atoms with Crippen molar-refractivity contribution in [2.75, 3.05) is 23.8 Å². The standard InChI is InChI=1S/C10H21NO4S2/c1-3-6-11(17(14,15)7-4-2)10-5-8-16(12,13)9-10/h10H,3-9H2,1-2H3. The number of hydrogen-bond donors (Lipinski definition) is 0. The third-order valence-electron chi connectivity index (χ3n) is 2.88. The molecule has 0 aromatic carbocycles. The topological polar surface area (TPSA) is 71.5 Å². The van der Waals surface area contributed by atoms with Crippen LogP contribution in [0.1, 0.15) is 33.1 Å². The molecule has 1 unspecified atom stereocenters. The number of sulfone groups is 1. The van der Waals surface area contributed by atoms with Gasteiger partial charge in [0.05, 0.1) is 17.3 Å². The predicted octanol–water partition coefficient (Wildman–Crippen LogP) is 0.625. The van der Waals surface area contributed by atoms with Gasteiger partial charge in [0.1, 0.15) is 0 Å². The van der Waals surface area contributed by atoms with E-state index in [1.54, 1.807) is 0 Å². The molecule has 0 aliphatic carbocycles. The van der Waals surface area contributed by atoms with Gasteiger partial charge in [-0.25, -0.2) is 16.8 Å². The molecule has 1 fully saturated rings. The largest absolute Gasteiger partial charge is 0.229 e. The van der Waals surface area contributed by atoms with Crippen LogP contribution in [0.15, 0.2) is 0 Å². The zero-order valence-electron chi connectivity index (χ0n) is 10.4. The molecule has 0 saturated carbocycles. The molecule has 0 bridgehead atoms. The van der Waals surface area contributed by atoms with Gasteiger partial charge in [-0.15, -0.1) is 0 Å². The van der Waals surface area contributed by atoms with E-state index in [9.17, 15) is 16.8 Å². The molecule has 1 saturated heterocycles. The summed E-state index contributed by atoms with van der Waals surface area (Å²) in [7, 11) is -6.34. The van der Waals surface area contributed by atoms with E-state index in [1.807, 2.05) is 13.8 Å². The van der Waals surface area contributed by atoms with Gasteiger partial charge in [-0.3, -0.25) is 0 Å². The average molecular weight is 283 g/mol. The van der Waals surface area contributed by atoms with Gasteiger partial charge < -0.3 is 0 Å². The number of rotatable bonds is 6. The van der Waals surface area contributed by atoms with Crippen molar-refractivity contribution in [1.29, 1.82) is 0 Å². The normalized spacial score (nSPS) is 24.3. The molecule has 1 rings (SSSR count). The zero-order valence-corrected chi connectivity index (χ0v) is 12.1. The molecule has 1 atom stereocenters. The second-order valence-corrected chi connectivity index (χ2v) is 8.75. The molecular weight excluding hydrogens is 262 g/mol. The fourth-order valence-corrected chi connectivity index (χ4v) is 5.82. The van der Waals surface area contributed by atoms with E-state index in [1.165, 1.54) is 4.31 Å². The Balaban J connectivity index is 2.87. The highest BCUT2D eigenvalue weighted by Gasteiger charge is 2.36. The van der Waals surface area contributed by atoms with Crippen LogP contribution in [0.5, 0.6) is 0 Å². The van der Waals surface area contributed by atoms with E-state index in [-0.39, 0.29) is 23.3 Å². The van der Waals surface area contributed by atoms with Crippen molar-refractivity contribution in [3.8, 4) is 0 Å². The zero-order chi connectivity index (χ0) is 13.1. The summed E-state index contributed by atoms with van der Waals surface area (Å²) in [5.41, 5.74) is 0. The lowest BCUT2D eigenvalue weighted by Gasteiger charge is -2.26. The summed E-state index contributed by atoms with van der Waals surface area (Å²) < 4.78 is 48.3. The molecule has 1 aliphatic heterocycles. The minimum Gasteiger partial charge on any atom is -0.229 e. The van der Waals surface area contributed by atoms with Gasteiger partial charge in [-0.05, 0) is 19.3 Å². The third kappa shape index (κ3) is 3.93. The lowest BCUT2D eigenvalue weighted by Crippen LogP contribution is -2.42. The first-order valence-electron chi connectivity index (χ1n) is 6.02. The first-order chi connectivity index (χ1) is 7.82. The maximum absolute atomic E-state index is 12.0. The molecule has 0 aromatic heterocycles. The van der Waals surface area contributed by atoms with Crippen LogP contribution in [0.2, 0.25) is 0 Å². The number of hydrogen-bond acceptors (Lipinski definition) is 4. The van der Waals surface area contributed by atoms with Gasteiger partial charge >= 0.3 is 0 Å². The highest BCUT2D eigenvalue weighted by molar-refractivity contribution is 7.92. The average Bonchev–Trinajstić information content (AvgIpc) is 2.54. The first kappa shape index (κ1) is 14.9. The summed E-state index contributed by atoms with van der Waals surface area (Å²) >= 11 is 0. The van der Waals surface area contributed by atoms with Crippen molar-refractivity contribution in [1.82, 2.24) is 4.31 Å². The molecule has 0 aromatic rings. The van der Waals surface area contributed by atoms with Crippen molar-refractivity contribution in [3.63, 3.8) is 0 Å². The van der Waals surface area contributed by atoms with Crippen LogP contribution in [0, 0.1) is 0 Å². The summed E-state index contributed by atoms with van der Waals surface area (Å²) in [6.07, 6.45) is 1.70. The molecule has 0 radical (unpaired) electrons. The molecule has 0 N–H and O–H groups in total. The van der Waals surface area contributed by atoms with Crippen LogP contribution in [0.4, 0.5) is 0 Å². The number of sulfonamides is 1. The molecule has 102 valence electrons. The second kappa shape index (κ2) is 5.67. The summed E-state index contributed by atoms with van der Waals surface area (Å²) in [4.78, 5) is 0. The van der Waals surface area contributed by atoms with Crippen LogP contribution in [-0.4, -0.2) is 51.0 Å². The minimum atomic E-state index is -3.30. The fraction of sp³-hybridized carbons (Fsp3) is 1.00. The summed E-state index contributed by atoms with van der Waals surface area (Å²) in [6, 6.07) is -0.350. The van der Waals surface area contributed by atoms with Gasteiger partial charge in [-0.1, -0.05) is 13.8 Å². The van der Waals surface area contributed by atoms with Gasteiger partial charge in [-0.2, -0.15) is 4.31 Å². The van der Waals surface area contributed by atoms with Crippen molar-refractivity contribution in [3.05, 3.63) is 0 Å². The van der Waals surface area contributed by atoms with Crippen molar-refractivity contribution < 1.29 is 16.8 Å². The molecule has 0 spiro atoms. The van der Waals surface area contributed by atoms with Crippen LogP contribution >= 0.6 is 0 Å². The summed E-state index contributed by atoms with van der Waals surface area (Å²) in [6.45, 7) is 4.13. The molecule has 7 heteroatoms. The fourth-order valence-electron chi connectivity index (χ4n) is 2.15. The smallest absolute Gasteiger partial charge is 0.214 e. The van der Waals surface area contributed by atoms with Crippen molar-refractivity contribution in [2.45, 2.75) is 39.2 Å². The van der Waals surface area contributed by atoms with Gasteiger partial charge in [0.25, 0.3) is 0 Å². The molecule has 1 heterocycles. The monoisotopic (exact) mass is 283 g/mol. The predicted molar refractivity (Wildman–Crippen MR) is 68.1 cm³/mol. The van der Waals surface area contributed by atoms with E-state index < -0.39 is 19.9 Å². The Morgan fingerprint density at radius 3 is 2.29 bits per heavy atom. The van der Waals surface area contributed by atoms with Crippen LogP contribution < -0.4 is 0 Å². The van der Waals surface area contributed by atoms with Crippen LogP contribution in [-0.2, 0) is 19.9 Å². The Hall–Kier alpha value is -0.140. The Morgan fingerprint density at radius 1 is 1.24 bits per heavy atom. The Morgan fingerprint density at radius 2 is 1.88 bits per heavy atom. The first-order valence-corrected chi connectivity index (χ1v) is 9.45. The molecule has 0 amide bonds. The van der Waals surface area contributed by atoms with E-state index in [2.05, 4.69) is 0 Å². The molecule has 1 aliphatic rings. The highest BCUT2D eigenvalue weighted by atomic mass is 32.2. The highest BCUT2D eigenvalue weighted by Crippen LogP contribution is 2.21. The third-order valence-corrected chi connectivity index (χ3v) is 6.75. The Kier molecular flexibility index (Phi) is 4.97. The minimum absolute atomic E-state index is 0.0179. The lowest BCUT2D eigenvalue weighted by atomic mass is 10.2. The summed E-state index contributed by atoms with van der Waals surface area (Å²) in [5, 5.41) is 0. The number of nitrogens with zero attached hydrogens (tertiary/aromatic N) is 1. The maximum atomic E-state index is 12.0. The molecular formula is C10H21NO4S2. The van der Waals surface area contributed by atoms with Crippen molar-refractivity contribution in [2.24, 2.45) is 0 Å². The maximum Gasteiger partial charge on any atom is 0.214 e. The van der Waals surface area contributed by atoms with Crippen molar-refractivity contribution >= 4 is 19.9 Å². The van der Waals surface area contributed by atoms with E-state index in [0.29, 0.717) is 25.8 Å². The van der Waals surface area contributed by atoms with E-state index >= 15 is 0 Å². The SMILES string of the molecule is CCCN(C1CCS(=O)(=O)C1)S(=O)(=O)CCC. The van der Waals surface area contributed by atoms with Crippen LogP contribution in [0.25, 0.3) is 0 Å². The van der Waals surface area contributed by atoms with Gasteiger partial charge in [0.15, 0.2) is 9.84 Å². The lowest BCUT2D eigenvalue weighted by molar-refractivity contribution is 0.340. The van der Waals surface area contributed by atoms with Gasteiger partial charge in [0.2, 0.25) is 10.0 Å². The Labute approximate surface area is 104 Å². The van der Waals surface area contributed by atoms with Gasteiger partial charge in [0, 0.05) is 12.6 Å². The van der Waals surface area contributed by atoms with Crippen LogP contribution in [0.3, 0.4) is 0 Å². The van der Waals surface area contributed by atoms with E-state index in [4.69, 9.17) is 0 Å². The second-order valence-electron chi connectivity index (χ2n) is 4.48. The summed E-state index contributed by atoms with van der Waals surface area (Å²) in [5.74, 6) is 0.193. The molecule has 5 nitrogen and oxygen atoms in total.